The number of hydrogen-bond acceptors (Lipinski definition) is 6. The highest BCUT2D eigenvalue weighted by atomic mass is 19.1. The normalized spacial score (nSPS) is 21.0. The van der Waals surface area contributed by atoms with Gasteiger partial charge in [-0.1, -0.05) is 18.2 Å². The molecule has 5 rings (SSSR count). The lowest BCUT2D eigenvalue weighted by molar-refractivity contribution is -0.140. The van der Waals surface area contributed by atoms with Crippen molar-refractivity contribution in [3.63, 3.8) is 0 Å². The molecule has 0 aliphatic carbocycles. The van der Waals surface area contributed by atoms with Crippen molar-refractivity contribution >= 4 is 23.1 Å². The molecule has 2 saturated heterocycles. The first-order valence-corrected chi connectivity index (χ1v) is 11.2. The maximum atomic E-state index is 13.7. The molecular formula is C25H25FN4O4. The van der Waals surface area contributed by atoms with Crippen LogP contribution in [-0.2, 0) is 14.3 Å². The number of ether oxygens (including phenoxy) is 1. The number of rotatable bonds is 5. The van der Waals surface area contributed by atoms with E-state index in [0.717, 1.165) is 13.1 Å². The molecule has 2 aliphatic rings. The Balaban J connectivity index is 1.60. The standard InChI is InChI=1S/C25H25FN4O4/c1-16-21(29-9-3-2-4-19(29)27-16)23(31)20-22(17-5-7-18(26)8-6-17)30(25(33)24(20)32)11-10-28-12-14-34-15-13-28/h2-9,22,31H,10-15H2,1H3/b23-20+/t22-/m1/s1. The molecule has 4 heterocycles. The molecule has 0 radical (unpaired) electrons. The summed E-state index contributed by atoms with van der Waals surface area (Å²) in [4.78, 5) is 34.5. The Kier molecular flexibility index (Phi) is 5.89. The minimum atomic E-state index is -0.838. The number of carbonyl (C=O) groups is 2. The smallest absolute Gasteiger partial charge is 0.295 e. The topological polar surface area (TPSA) is 87.4 Å². The van der Waals surface area contributed by atoms with Gasteiger partial charge in [0.05, 0.1) is 30.5 Å². The average molecular weight is 464 g/mol. The van der Waals surface area contributed by atoms with Crippen LogP contribution in [0.3, 0.4) is 0 Å². The number of aromatic nitrogens is 2. The van der Waals surface area contributed by atoms with Crippen molar-refractivity contribution in [1.29, 1.82) is 0 Å². The Hall–Kier alpha value is -3.56. The predicted octanol–water partition coefficient (Wildman–Crippen LogP) is 2.54. The van der Waals surface area contributed by atoms with Gasteiger partial charge in [0.15, 0.2) is 5.76 Å². The van der Waals surface area contributed by atoms with Gasteiger partial charge in [-0.2, -0.15) is 0 Å². The molecule has 8 nitrogen and oxygen atoms in total. The van der Waals surface area contributed by atoms with Gasteiger partial charge in [0.1, 0.15) is 17.2 Å². The number of halogens is 1. The molecule has 1 aromatic carbocycles. The minimum Gasteiger partial charge on any atom is -0.505 e. The number of aryl methyl sites for hydroxylation is 1. The van der Waals surface area contributed by atoms with Crippen LogP contribution in [0.5, 0.6) is 0 Å². The number of carbonyl (C=O) groups excluding carboxylic acids is 2. The van der Waals surface area contributed by atoms with Gasteiger partial charge in [0.25, 0.3) is 11.7 Å². The molecule has 2 aliphatic heterocycles. The number of ketones is 1. The summed E-state index contributed by atoms with van der Waals surface area (Å²) in [6.07, 6.45) is 1.74. The summed E-state index contributed by atoms with van der Waals surface area (Å²) >= 11 is 0. The number of Topliss-reactive ketones (excluding diaryl/α,β-unsaturated/α-hetero) is 1. The van der Waals surface area contributed by atoms with E-state index in [2.05, 4.69) is 9.88 Å². The van der Waals surface area contributed by atoms with Crippen molar-refractivity contribution in [3.05, 3.63) is 77.0 Å². The van der Waals surface area contributed by atoms with E-state index in [-0.39, 0.29) is 17.9 Å². The van der Waals surface area contributed by atoms with Gasteiger partial charge in [0.2, 0.25) is 0 Å². The van der Waals surface area contributed by atoms with Gasteiger partial charge in [-0.15, -0.1) is 0 Å². The largest absolute Gasteiger partial charge is 0.505 e. The number of pyridine rings is 1. The number of nitrogens with zero attached hydrogens (tertiary/aromatic N) is 4. The van der Waals surface area contributed by atoms with E-state index in [9.17, 15) is 19.1 Å². The van der Waals surface area contributed by atoms with Crippen molar-refractivity contribution in [2.75, 3.05) is 39.4 Å². The third-order valence-corrected chi connectivity index (χ3v) is 6.42. The van der Waals surface area contributed by atoms with Crippen LogP contribution < -0.4 is 0 Å². The molecule has 1 N–H and O–H groups in total. The van der Waals surface area contributed by atoms with Crippen LogP contribution >= 0.6 is 0 Å². The fourth-order valence-electron chi connectivity index (χ4n) is 4.70. The molecule has 0 unspecified atom stereocenters. The summed E-state index contributed by atoms with van der Waals surface area (Å²) in [7, 11) is 0. The number of imidazole rings is 1. The summed E-state index contributed by atoms with van der Waals surface area (Å²) in [5, 5.41) is 11.4. The zero-order valence-electron chi connectivity index (χ0n) is 18.8. The fourth-order valence-corrected chi connectivity index (χ4v) is 4.70. The van der Waals surface area contributed by atoms with Crippen LogP contribution in [0.2, 0.25) is 0 Å². The first-order valence-electron chi connectivity index (χ1n) is 11.2. The number of aliphatic hydroxyl groups excluding tert-OH is 1. The Morgan fingerprint density at radius 1 is 1.12 bits per heavy atom. The Labute approximate surface area is 195 Å². The van der Waals surface area contributed by atoms with Gasteiger partial charge in [-0.3, -0.25) is 18.9 Å². The monoisotopic (exact) mass is 464 g/mol. The summed E-state index contributed by atoms with van der Waals surface area (Å²) in [6, 6.07) is 10.2. The van der Waals surface area contributed by atoms with Crippen molar-refractivity contribution in [3.8, 4) is 0 Å². The highest BCUT2D eigenvalue weighted by Gasteiger charge is 2.46. The zero-order chi connectivity index (χ0) is 23.8. The zero-order valence-corrected chi connectivity index (χ0v) is 18.8. The van der Waals surface area contributed by atoms with Crippen molar-refractivity contribution in [2.24, 2.45) is 0 Å². The van der Waals surface area contributed by atoms with Gasteiger partial charge < -0.3 is 14.7 Å². The van der Waals surface area contributed by atoms with Gasteiger partial charge >= 0.3 is 0 Å². The van der Waals surface area contributed by atoms with Gasteiger partial charge in [-0.25, -0.2) is 9.37 Å². The van der Waals surface area contributed by atoms with Crippen LogP contribution in [0.25, 0.3) is 11.4 Å². The van der Waals surface area contributed by atoms with Crippen LogP contribution in [-0.4, -0.2) is 75.4 Å². The Morgan fingerprint density at radius 2 is 1.85 bits per heavy atom. The number of amides is 1. The van der Waals surface area contributed by atoms with Crippen LogP contribution in [0.15, 0.2) is 54.2 Å². The third kappa shape index (κ3) is 3.86. The molecule has 176 valence electrons. The lowest BCUT2D eigenvalue weighted by atomic mass is 9.96. The van der Waals surface area contributed by atoms with E-state index in [0.29, 0.717) is 42.4 Å². The number of morpholine rings is 1. The van der Waals surface area contributed by atoms with E-state index in [4.69, 9.17) is 4.74 Å². The van der Waals surface area contributed by atoms with Crippen LogP contribution in [0.1, 0.15) is 23.0 Å². The molecule has 9 heteroatoms. The number of benzene rings is 1. The van der Waals surface area contributed by atoms with Crippen LogP contribution in [0, 0.1) is 12.7 Å². The van der Waals surface area contributed by atoms with Gasteiger partial charge in [-0.05, 0) is 36.8 Å². The van der Waals surface area contributed by atoms with Gasteiger partial charge in [0, 0.05) is 32.4 Å². The number of likely N-dealkylation sites (tertiary alicyclic amines) is 1. The average Bonchev–Trinajstić information content (AvgIpc) is 3.31. The van der Waals surface area contributed by atoms with Crippen molar-refractivity contribution in [1.82, 2.24) is 19.2 Å². The van der Waals surface area contributed by atoms with E-state index in [1.165, 1.54) is 17.0 Å². The maximum absolute atomic E-state index is 13.7. The highest BCUT2D eigenvalue weighted by molar-refractivity contribution is 6.46. The SMILES string of the molecule is Cc1nc2ccccn2c1/C(O)=C1\C(=O)C(=O)N(CCN2CCOCC2)[C@@H]1c1ccc(F)cc1. The van der Waals surface area contributed by atoms with E-state index >= 15 is 0 Å². The lowest BCUT2D eigenvalue weighted by Gasteiger charge is -2.31. The quantitative estimate of drug-likeness (QED) is 0.355. The maximum Gasteiger partial charge on any atom is 0.295 e. The number of fused-ring (bicyclic) bond motifs is 1. The Morgan fingerprint density at radius 3 is 2.59 bits per heavy atom. The lowest BCUT2D eigenvalue weighted by Crippen LogP contribution is -2.42. The molecule has 2 fully saturated rings. The molecule has 1 amide bonds. The molecule has 0 spiro atoms. The summed E-state index contributed by atoms with van der Waals surface area (Å²) in [5.74, 6) is -2.17. The second kappa shape index (κ2) is 9.00. The molecule has 0 bridgehead atoms. The van der Waals surface area contributed by atoms with E-state index in [1.807, 2.05) is 6.07 Å². The summed E-state index contributed by atoms with van der Waals surface area (Å²) in [5.41, 5.74) is 2.03. The van der Waals surface area contributed by atoms with Crippen molar-refractivity contribution < 1.29 is 23.8 Å². The highest BCUT2D eigenvalue weighted by Crippen LogP contribution is 2.39. The molecule has 34 heavy (non-hydrogen) atoms. The second-order valence-corrected chi connectivity index (χ2v) is 8.47. The van der Waals surface area contributed by atoms with Crippen LogP contribution in [0.4, 0.5) is 4.39 Å². The molecule has 1 atom stereocenters. The summed E-state index contributed by atoms with van der Waals surface area (Å²) < 4.78 is 20.8. The van der Waals surface area contributed by atoms with Crippen molar-refractivity contribution in [2.45, 2.75) is 13.0 Å². The molecule has 2 aromatic heterocycles. The second-order valence-electron chi connectivity index (χ2n) is 8.47. The summed E-state index contributed by atoms with van der Waals surface area (Å²) in [6.45, 7) is 5.31. The first-order chi connectivity index (χ1) is 16.5. The van der Waals surface area contributed by atoms with E-state index < -0.39 is 23.5 Å². The molecule has 0 saturated carbocycles. The fraction of sp³-hybridized carbons (Fsp3) is 0.320. The Bertz CT molecular complexity index is 1280. The number of hydrogen-bond donors (Lipinski definition) is 1. The predicted molar refractivity (Wildman–Crippen MR) is 123 cm³/mol. The minimum absolute atomic E-state index is 0.0210. The third-order valence-electron chi connectivity index (χ3n) is 6.42. The first kappa shape index (κ1) is 22.2. The molecule has 3 aromatic rings. The van der Waals surface area contributed by atoms with E-state index in [1.54, 1.807) is 41.8 Å². The number of aliphatic hydroxyl groups is 1. The molecular weight excluding hydrogens is 439 g/mol.